The molecule has 0 bridgehead atoms. The van der Waals surface area contributed by atoms with E-state index >= 15 is 0 Å². The van der Waals surface area contributed by atoms with Crippen molar-refractivity contribution in [3.05, 3.63) is 35.4 Å². The van der Waals surface area contributed by atoms with Crippen molar-refractivity contribution >= 4 is 15.7 Å². The van der Waals surface area contributed by atoms with Crippen LogP contribution in [0.2, 0.25) is 0 Å². The van der Waals surface area contributed by atoms with E-state index in [1.807, 2.05) is 6.92 Å². The van der Waals surface area contributed by atoms with Gasteiger partial charge >= 0.3 is 0 Å². The summed E-state index contributed by atoms with van der Waals surface area (Å²) in [6.07, 6.45) is 0.504. The lowest BCUT2D eigenvalue weighted by atomic mass is 10.0. The van der Waals surface area contributed by atoms with E-state index in [2.05, 4.69) is 53.2 Å². The van der Waals surface area contributed by atoms with E-state index in [1.54, 1.807) is 0 Å². The van der Waals surface area contributed by atoms with Gasteiger partial charge in [0.1, 0.15) is 0 Å². The smallest absolute Gasteiger partial charge is 0.234 e. The normalized spacial score (nSPS) is 25.9. The van der Waals surface area contributed by atoms with Gasteiger partial charge in [-0.05, 0) is 30.4 Å². The summed E-state index contributed by atoms with van der Waals surface area (Å²) < 4.78 is 23.4. The van der Waals surface area contributed by atoms with E-state index in [4.69, 9.17) is 0 Å². The van der Waals surface area contributed by atoms with Crippen LogP contribution in [-0.2, 0) is 21.2 Å². The van der Waals surface area contributed by atoms with Gasteiger partial charge in [-0.15, -0.1) is 0 Å². The Hall–Kier alpha value is -1.44. The summed E-state index contributed by atoms with van der Waals surface area (Å²) in [5.74, 6) is 0.697. The van der Waals surface area contributed by atoms with Crippen LogP contribution in [0.1, 0.15) is 44.2 Å². The van der Waals surface area contributed by atoms with Crippen LogP contribution in [0.3, 0.4) is 0 Å². The Bertz CT molecular complexity index is 784. The standard InChI is InChI=1S/C21H33N3O3S/c1-17(2)19-6-4-18(5-7-19)14-23-9-11-24(12-10-23)15-20(25)22-21(3)8-13-28(26,27)16-21/h4-7,17H,8-16H2,1-3H3,(H,22,25)/t21-/m1/s1. The van der Waals surface area contributed by atoms with Gasteiger partial charge in [0, 0.05) is 32.7 Å². The molecular weight excluding hydrogens is 374 g/mol. The minimum Gasteiger partial charge on any atom is -0.349 e. The maximum Gasteiger partial charge on any atom is 0.234 e. The lowest BCUT2D eigenvalue weighted by Crippen LogP contribution is -2.53. The van der Waals surface area contributed by atoms with E-state index in [-0.39, 0.29) is 17.4 Å². The molecule has 3 rings (SSSR count). The van der Waals surface area contributed by atoms with Crippen molar-refractivity contribution in [2.24, 2.45) is 0 Å². The topological polar surface area (TPSA) is 69.7 Å². The number of amides is 1. The average Bonchev–Trinajstić information content (AvgIpc) is 2.89. The van der Waals surface area contributed by atoms with E-state index in [1.165, 1.54) is 11.1 Å². The minimum atomic E-state index is -3.01. The van der Waals surface area contributed by atoms with Gasteiger partial charge in [0.05, 0.1) is 23.6 Å². The van der Waals surface area contributed by atoms with Gasteiger partial charge in [0.25, 0.3) is 0 Å². The average molecular weight is 408 g/mol. The zero-order valence-electron chi connectivity index (χ0n) is 17.3. The first-order valence-electron chi connectivity index (χ1n) is 10.2. The number of piperazine rings is 1. The molecule has 2 heterocycles. The molecule has 2 aliphatic rings. The molecule has 0 radical (unpaired) electrons. The molecule has 1 amide bonds. The van der Waals surface area contributed by atoms with Crippen molar-refractivity contribution in [1.82, 2.24) is 15.1 Å². The third kappa shape index (κ3) is 5.78. The van der Waals surface area contributed by atoms with E-state index < -0.39 is 15.4 Å². The Morgan fingerprint density at radius 3 is 2.25 bits per heavy atom. The zero-order valence-corrected chi connectivity index (χ0v) is 18.1. The molecule has 0 spiro atoms. The number of hydrogen-bond acceptors (Lipinski definition) is 5. The van der Waals surface area contributed by atoms with E-state index in [9.17, 15) is 13.2 Å². The van der Waals surface area contributed by atoms with Crippen LogP contribution in [0.5, 0.6) is 0 Å². The molecule has 7 heteroatoms. The van der Waals surface area contributed by atoms with E-state index in [0.717, 1.165) is 32.7 Å². The van der Waals surface area contributed by atoms with Gasteiger partial charge < -0.3 is 5.32 Å². The maximum absolute atomic E-state index is 12.4. The molecule has 2 saturated heterocycles. The van der Waals surface area contributed by atoms with Crippen molar-refractivity contribution in [3.63, 3.8) is 0 Å². The second-order valence-electron chi connectivity index (χ2n) is 8.90. The quantitative estimate of drug-likeness (QED) is 0.776. The Morgan fingerprint density at radius 1 is 1.11 bits per heavy atom. The molecule has 2 aliphatic heterocycles. The molecule has 1 N–H and O–H groups in total. The number of carbonyl (C=O) groups is 1. The number of nitrogens with one attached hydrogen (secondary N) is 1. The molecule has 0 aromatic heterocycles. The highest BCUT2D eigenvalue weighted by Gasteiger charge is 2.39. The van der Waals surface area contributed by atoms with Gasteiger partial charge in [0.15, 0.2) is 9.84 Å². The molecule has 2 fully saturated rings. The Morgan fingerprint density at radius 2 is 1.71 bits per heavy atom. The summed E-state index contributed by atoms with van der Waals surface area (Å²) in [5.41, 5.74) is 2.08. The third-order valence-electron chi connectivity index (χ3n) is 5.83. The second-order valence-corrected chi connectivity index (χ2v) is 11.1. The highest BCUT2D eigenvalue weighted by molar-refractivity contribution is 7.91. The largest absolute Gasteiger partial charge is 0.349 e. The molecule has 156 valence electrons. The van der Waals surface area contributed by atoms with Crippen LogP contribution in [0.25, 0.3) is 0 Å². The predicted octanol–water partition coefficient (Wildman–Crippen LogP) is 1.62. The number of hydrogen-bond donors (Lipinski definition) is 1. The Balaban J connectivity index is 1.42. The SMILES string of the molecule is CC(C)c1ccc(CN2CCN(CC(=O)N[C@]3(C)CCS(=O)(=O)C3)CC2)cc1. The molecule has 1 aromatic rings. The first kappa shape index (κ1) is 21.3. The number of carbonyl (C=O) groups excluding carboxylic acids is 1. The number of rotatable bonds is 6. The maximum atomic E-state index is 12.4. The fourth-order valence-corrected chi connectivity index (χ4v) is 6.15. The van der Waals surface area contributed by atoms with Crippen molar-refractivity contribution < 1.29 is 13.2 Å². The summed E-state index contributed by atoms with van der Waals surface area (Å²) in [5, 5.41) is 2.95. The highest BCUT2D eigenvalue weighted by atomic mass is 32.2. The van der Waals surface area contributed by atoms with Gasteiger partial charge in [0.2, 0.25) is 5.91 Å². The fraction of sp³-hybridized carbons (Fsp3) is 0.667. The van der Waals surface area contributed by atoms with Crippen molar-refractivity contribution in [2.45, 2.75) is 45.2 Å². The Kier molecular flexibility index (Phi) is 6.47. The lowest BCUT2D eigenvalue weighted by molar-refractivity contribution is -0.124. The molecule has 0 unspecified atom stereocenters. The van der Waals surface area contributed by atoms with Crippen molar-refractivity contribution in [3.8, 4) is 0 Å². The summed E-state index contributed by atoms with van der Waals surface area (Å²) in [7, 11) is -3.01. The van der Waals surface area contributed by atoms with Crippen molar-refractivity contribution in [2.75, 3.05) is 44.2 Å². The predicted molar refractivity (Wildman–Crippen MR) is 112 cm³/mol. The summed E-state index contributed by atoms with van der Waals surface area (Å²) in [6, 6.07) is 8.85. The van der Waals surface area contributed by atoms with Gasteiger partial charge in [-0.2, -0.15) is 0 Å². The first-order chi connectivity index (χ1) is 13.1. The van der Waals surface area contributed by atoms with E-state index in [0.29, 0.717) is 18.9 Å². The fourth-order valence-electron chi connectivity index (χ4n) is 4.06. The van der Waals surface area contributed by atoms with Crippen LogP contribution >= 0.6 is 0 Å². The number of nitrogens with zero attached hydrogens (tertiary/aromatic N) is 2. The summed E-state index contributed by atoms with van der Waals surface area (Å²) in [6.45, 7) is 11.1. The minimum absolute atomic E-state index is 0.0507. The number of sulfone groups is 1. The zero-order chi connectivity index (χ0) is 20.4. The molecule has 28 heavy (non-hydrogen) atoms. The third-order valence-corrected chi connectivity index (χ3v) is 7.73. The molecule has 6 nitrogen and oxygen atoms in total. The van der Waals surface area contributed by atoms with Crippen LogP contribution in [0, 0.1) is 0 Å². The summed E-state index contributed by atoms with van der Waals surface area (Å²) in [4.78, 5) is 17.0. The molecule has 0 aliphatic carbocycles. The van der Waals surface area contributed by atoms with Crippen LogP contribution in [-0.4, -0.2) is 73.9 Å². The second kappa shape index (κ2) is 8.51. The molecular formula is C21H33N3O3S. The van der Waals surface area contributed by atoms with Crippen LogP contribution in [0.15, 0.2) is 24.3 Å². The lowest BCUT2D eigenvalue weighted by Gasteiger charge is -2.35. The van der Waals surface area contributed by atoms with Gasteiger partial charge in [-0.1, -0.05) is 38.1 Å². The van der Waals surface area contributed by atoms with Crippen LogP contribution in [0.4, 0.5) is 0 Å². The molecule has 1 aromatic carbocycles. The van der Waals surface area contributed by atoms with Gasteiger partial charge in [-0.3, -0.25) is 14.6 Å². The molecule has 1 atom stereocenters. The Labute approximate surface area is 169 Å². The van der Waals surface area contributed by atoms with Gasteiger partial charge in [-0.25, -0.2) is 8.42 Å². The number of benzene rings is 1. The summed E-state index contributed by atoms with van der Waals surface area (Å²) >= 11 is 0. The van der Waals surface area contributed by atoms with Crippen LogP contribution < -0.4 is 5.32 Å². The highest BCUT2D eigenvalue weighted by Crippen LogP contribution is 2.22. The molecule has 0 saturated carbocycles. The first-order valence-corrected chi connectivity index (χ1v) is 12.0. The van der Waals surface area contributed by atoms with Crippen molar-refractivity contribution in [1.29, 1.82) is 0 Å². The monoisotopic (exact) mass is 407 g/mol.